The second-order valence-corrected chi connectivity index (χ2v) is 3.46. The summed E-state index contributed by atoms with van der Waals surface area (Å²) in [5.41, 5.74) is 15.0. The van der Waals surface area contributed by atoms with E-state index in [-0.39, 0.29) is 6.04 Å². The Hall–Kier alpha value is -1.02. The number of rotatable bonds is 3. The second kappa shape index (κ2) is 4.28. The van der Waals surface area contributed by atoms with E-state index in [9.17, 15) is 0 Å². The minimum Gasteiger partial charge on any atom is -0.399 e. The Bertz CT molecular complexity index is 281. The van der Waals surface area contributed by atoms with Crippen LogP contribution in [0.3, 0.4) is 0 Å². The predicted molar refractivity (Wildman–Crippen MR) is 57.4 cm³/mol. The largest absolute Gasteiger partial charge is 0.399 e. The first-order chi connectivity index (χ1) is 6.16. The van der Waals surface area contributed by atoms with Crippen LogP contribution < -0.4 is 11.5 Å². The normalized spacial score (nSPS) is 12.8. The first-order valence-corrected chi connectivity index (χ1v) is 4.77. The van der Waals surface area contributed by atoms with E-state index in [2.05, 4.69) is 13.0 Å². The number of benzene rings is 1. The van der Waals surface area contributed by atoms with E-state index in [0.29, 0.717) is 0 Å². The molecule has 2 heteroatoms. The maximum atomic E-state index is 6.02. The van der Waals surface area contributed by atoms with Gasteiger partial charge in [0.15, 0.2) is 0 Å². The zero-order valence-corrected chi connectivity index (χ0v) is 8.38. The summed E-state index contributed by atoms with van der Waals surface area (Å²) < 4.78 is 0. The summed E-state index contributed by atoms with van der Waals surface area (Å²) >= 11 is 0. The Morgan fingerprint density at radius 2 is 2.08 bits per heavy atom. The lowest BCUT2D eigenvalue weighted by Gasteiger charge is -2.14. The first kappa shape index (κ1) is 10.1. The van der Waals surface area contributed by atoms with Crippen LogP contribution in [-0.4, -0.2) is 0 Å². The van der Waals surface area contributed by atoms with E-state index in [1.54, 1.807) is 0 Å². The molecule has 0 aliphatic heterocycles. The second-order valence-electron chi connectivity index (χ2n) is 3.46. The number of anilines is 1. The highest BCUT2D eigenvalue weighted by Gasteiger charge is 2.08. The topological polar surface area (TPSA) is 52.0 Å². The predicted octanol–water partition coefficient (Wildman–Crippen LogP) is 2.38. The van der Waals surface area contributed by atoms with Crippen molar-refractivity contribution in [3.05, 3.63) is 29.3 Å². The molecule has 0 fully saturated rings. The van der Waals surface area contributed by atoms with Gasteiger partial charge in [0.1, 0.15) is 0 Å². The summed E-state index contributed by atoms with van der Waals surface area (Å²) in [6, 6.07) is 6.07. The number of hydrogen-bond donors (Lipinski definition) is 2. The van der Waals surface area contributed by atoms with Crippen LogP contribution in [0.15, 0.2) is 18.2 Å². The fourth-order valence-corrected chi connectivity index (χ4v) is 1.54. The van der Waals surface area contributed by atoms with Crippen molar-refractivity contribution >= 4 is 5.69 Å². The summed E-state index contributed by atoms with van der Waals surface area (Å²) in [6.07, 6.45) is 2.12. The van der Waals surface area contributed by atoms with Gasteiger partial charge in [-0.15, -0.1) is 0 Å². The Balaban J connectivity index is 2.93. The standard InChI is InChI=1S/C11H18N2/c1-3-5-11(13)9-6-4-7-10(12)8(9)2/h4,6-7,11H,3,5,12-13H2,1-2H3. The molecule has 1 atom stereocenters. The third-order valence-electron chi connectivity index (χ3n) is 2.42. The molecule has 1 aromatic rings. The zero-order chi connectivity index (χ0) is 9.84. The first-order valence-electron chi connectivity index (χ1n) is 4.77. The van der Waals surface area contributed by atoms with Crippen LogP contribution in [0.5, 0.6) is 0 Å². The molecule has 0 heterocycles. The van der Waals surface area contributed by atoms with Crippen molar-refractivity contribution in [1.29, 1.82) is 0 Å². The summed E-state index contributed by atoms with van der Waals surface area (Å²) in [6.45, 7) is 4.17. The summed E-state index contributed by atoms with van der Waals surface area (Å²) in [5, 5.41) is 0. The monoisotopic (exact) mass is 178 g/mol. The van der Waals surface area contributed by atoms with Crippen molar-refractivity contribution in [1.82, 2.24) is 0 Å². The van der Waals surface area contributed by atoms with Crippen LogP contribution in [0.1, 0.15) is 36.9 Å². The van der Waals surface area contributed by atoms with Crippen LogP contribution in [0.25, 0.3) is 0 Å². The molecule has 1 rings (SSSR count). The molecule has 0 radical (unpaired) electrons. The van der Waals surface area contributed by atoms with Crippen molar-refractivity contribution in [2.24, 2.45) is 5.73 Å². The molecular weight excluding hydrogens is 160 g/mol. The van der Waals surface area contributed by atoms with E-state index < -0.39 is 0 Å². The SMILES string of the molecule is CCCC(N)c1cccc(N)c1C. The highest BCUT2D eigenvalue weighted by Crippen LogP contribution is 2.23. The molecule has 0 aliphatic rings. The number of nitrogen functional groups attached to an aromatic ring is 1. The van der Waals surface area contributed by atoms with Crippen molar-refractivity contribution < 1.29 is 0 Å². The maximum Gasteiger partial charge on any atom is 0.0347 e. The van der Waals surface area contributed by atoms with E-state index in [4.69, 9.17) is 11.5 Å². The van der Waals surface area contributed by atoms with Gasteiger partial charge in [0.05, 0.1) is 0 Å². The molecule has 2 nitrogen and oxygen atoms in total. The van der Waals surface area contributed by atoms with Gasteiger partial charge in [0, 0.05) is 11.7 Å². The zero-order valence-electron chi connectivity index (χ0n) is 8.38. The molecule has 0 saturated heterocycles. The van der Waals surface area contributed by atoms with Crippen LogP contribution >= 0.6 is 0 Å². The molecule has 1 aromatic carbocycles. The van der Waals surface area contributed by atoms with E-state index in [1.165, 1.54) is 5.56 Å². The fraction of sp³-hybridized carbons (Fsp3) is 0.455. The average molecular weight is 178 g/mol. The lowest BCUT2D eigenvalue weighted by molar-refractivity contribution is 0.635. The molecule has 0 bridgehead atoms. The van der Waals surface area contributed by atoms with Crippen LogP contribution in [0.2, 0.25) is 0 Å². The van der Waals surface area contributed by atoms with Crippen molar-refractivity contribution in [3.8, 4) is 0 Å². The molecule has 0 aromatic heterocycles. The average Bonchev–Trinajstić information content (AvgIpc) is 2.10. The Morgan fingerprint density at radius 1 is 1.38 bits per heavy atom. The van der Waals surface area contributed by atoms with Gasteiger partial charge in [-0.3, -0.25) is 0 Å². The van der Waals surface area contributed by atoms with Gasteiger partial charge < -0.3 is 11.5 Å². The number of hydrogen-bond acceptors (Lipinski definition) is 2. The lowest BCUT2D eigenvalue weighted by Crippen LogP contribution is -2.12. The summed E-state index contributed by atoms with van der Waals surface area (Å²) in [5.74, 6) is 0. The third kappa shape index (κ3) is 2.22. The number of nitrogens with two attached hydrogens (primary N) is 2. The van der Waals surface area contributed by atoms with Gasteiger partial charge in [-0.1, -0.05) is 25.5 Å². The Morgan fingerprint density at radius 3 is 2.69 bits per heavy atom. The summed E-state index contributed by atoms with van der Waals surface area (Å²) in [4.78, 5) is 0. The lowest BCUT2D eigenvalue weighted by atomic mass is 9.97. The van der Waals surface area contributed by atoms with E-state index in [1.807, 2.05) is 19.1 Å². The van der Waals surface area contributed by atoms with Crippen molar-refractivity contribution in [3.63, 3.8) is 0 Å². The molecule has 1 unspecified atom stereocenters. The van der Waals surface area contributed by atoms with Gasteiger partial charge in [0.25, 0.3) is 0 Å². The molecule has 0 spiro atoms. The van der Waals surface area contributed by atoms with Gasteiger partial charge in [-0.05, 0) is 30.5 Å². The quantitative estimate of drug-likeness (QED) is 0.698. The molecule has 13 heavy (non-hydrogen) atoms. The van der Waals surface area contributed by atoms with Gasteiger partial charge >= 0.3 is 0 Å². The Kier molecular flexibility index (Phi) is 3.32. The van der Waals surface area contributed by atoms with Gasteiger partial charge in [-0.2, -0.15) is 0 Å². The molecule has 0 saturated carbocycles. The highest BCUT2D eigenvalue weighted by molar-refractivity contribution is 5.50. The van der Waals surface area contributed by atoms with Crippen LogP contribution in [0.4, 0.5) is 5.69 Å². The minimum atomic E-state index is 0.133. The van der Waals surface area contributed by atoms with Gasteiger partial charge in [-0.25, -0.2) is 0 Å². The minimum absolute atomic E-state index is 0.133. The van der Waals surface area contributed by atoms with Crippen LogP contribution in [0, 0.1) is 6.92 Å². The van der Waals surface area contributed by atoms with Gasteiger partial charge in [0.2, 0.25) is 0 Å². The maximum absolute atomic E-state index is 6.02. The Labute approximate surface area is 79.9 Å². The fourth-order valence-electron chi connectivity index (χ4n) is 1.54. The van der Waals surface area contributed by atoms with E-state index >= 15 is 0 Å². The van der Waals surface area contributed by atoms with Crippen molar-refractivity contribution in [2.75, 3.05) is 5.73 Å². The smallest absolute Gasteiger partial charge is 0.0347 e. The third-order valence-corrected chi connectivity index (χ3v) is 2.42. The summed E-state index contributed by atoms with van der Waals surface area (Å²) in [7, 11) is 0. The molecule has 72 valence electrons. The van der Waals surface area contributed by atoms with E-state index in [0.717, 1.165) is 24.1 Å². The van der Waals surface area contributed by atoms with Crippen molar-refractivity contribution in [2.45, 2.75) is 32.7 Å². The molecular formula is C11H18N2. The highest BCUT2D eigenvalue weighted by atomic mass is 14.6. The molecule has 4 N–H and O–H groups in total. The molecule has 0 amide bonds. The van der Waals surface area contributed by atoms with Crippen LogP contribution in [-0.2, 0) is 0 Å². The molecule has 0 aliphatic carbocycles.